The van der Waals surface area contributed by atoms with Crippen LogP contribution in [0.15, 0.2) is 0 Å². The molecule has 30 heavy (non-hydrogen) atoms. The smallest absolute Gasteiger partial charge is 0.267 e. The number of carbonyl (C=O) groups is 1. The van der Waals surface area contributed by atoms with Crippen LogP contribution in [-0.2, 0) is 14.9 Å². The number of likely N-dealkylation sites (N-methyl/N-ethyl adjacent to an activating group) is 1. The Hall–Kier alpha value is -0.700. The van der Waals surface area contributed by atoms with E-state index in [9.17, 15) is 18.3 Å². The highest BCUT2D eigenvalue weighted by atomic mass is 32.2. The number of likely N-dealkylation sites (tertiary alicyclic amines) is 1. The molecule has 1 fully saturated rings. The summed E-state index contributed by atoms with van der Waals surface area (Å²) in [6.07, 6.45) is 13.2. The van der Waals surface area contributed by atoms with Crippen molar-refractivity contribution in [3.8, 4) is 0 Å². The van der Waals surface area contributed by atoms with Gasteiger partial charge in [-0.15, -0.1) is 0 Å². The van der Waals surface area contributed by atoms with E-state index in [4.69, 9.17) is 4.55 Å². The fourth-order valence-corrected chi connectivity index (χ4v) is 5.00. The number of amides is 1. The number of aliphatic hydroxyl groups is 1. The van der Waals surface area contributed by atoms with Crippen molar-refractivity contribution in [3.05, 3.63) is 0 Å². The lowest BCUT2D eigenvalue weighted by Gasteiger charge is -2.41. The van der Waals surface area contributed by atoms with Crippen LogP contribution < -0.4 is 5.32 Å². The molecule has 1 atom stereocenters. The van der Waals surface area contributed by atoms with Gasteiger partial charge in [-0.1, -0.05) is 64.7 Å². The van der Waals surface area contributed by atoms with Crippen molar-refractivity contribution < 1.29 is 27.4 Å². The molecule has 3 N–H and O–H groups in total. The van der Waals surface area contributed by atoms with Gasteiger partial charge in [-0.3, -0.25) is 9.35 Å². The molecular weight excluding hydrogens is 404 g/mol. The Morgan fingerprint density at radius 2 is 1.50 bits per heavy atom. The molecule has 0 spiro atoms. The normalized spacial score (nSPS) is 23.3. The van der Waals surface area contributed by atoms with Gasteiger partial charge in [-0.25, -0.2) is 0 Å². The minimum absolute atomic E-state index is 0.00182. The van der Waals surface area contributed by atoms with Crippen molar-refractivity contribution >= 4 is 16.0 Å². The van der Waals surface area contributed by atoms with Gasteiger partial charge in [0.2, 0.25) is 5.91 Å². The van der Waals surface area contributed by atoms with Crippen LogP contribution in [0.2, 0.25) is 0 Å². The zero-order valence-corrected chi connectivity index (χ0v) is 20.0. The first-order valence-corrected chi connectivity index (χ1v) is 13.5. The molecule has 178 valence electrons. The Labute approximate surface area is 184 Å². The van der Waals surface area contributed by atoms with Crippen molar-refractivity contribution in [2.24, 2.45) is 5.92 Å². The summed E-state index contributed by atoms with van der Waals surface area (Å²) in [4.78, 5) is 12.4. The number of nitrogens with zero attached hydrogens (tertiary/aromatic N) is 1. The van der Waals surface area contributed by atoms with Crippen LogP contribution in [0.4, 0.5) is 0 Å². The second kappa shape index (κ2) is 14.4. The summed E-state index contributed by atoms with van der Waals surface area (Å²) in [6.45, 7) is 4.70. The molecule has 0 saturated carbocycles. The number of rotatable bonds is 16. The van der Waals surface area contributed by atoms with Gasteiger partial charge in [-0.05, 0) is 6.42 Å². The number of carbonyl (C=O) groups excluding carboxylic acids is 1. The summed E-state index contributed by atoms with van der Waals surface area (Å²) in [6, 6.07) is 0. The Bertz CT molecular complexity index is 574. The molecule has 1 aliphatic rings. The quantitative estimate of drug-likeness (QED) is 0.191. The summed E-state index contributed by atoms with van der Waals surface area (Å²) in [5.41, 5.74) is 0. The third kappa shape index (κ3) is 12.9. The van der Waals surface area contributed by atoms with Gasteiger partial charge in [0.25, 0.3) is 10.1 Å². The van der Waals surface area contributed by atoms with E-state index in [1.165, 1.54) is 57.8 Å². The fraction of sp³-hybridized carbons (Fsp3) is 0.955. The molecule has 1 amide bonds. The van der Waals surface area contributed by atoms with E-state index >= 15 is 0 Å². The lowest BCUT2D eigenvalue weighted by Crippen LogP contribution is -2.55. The Morgan fingerprint density at radius 1 is 1.00 bits per heavy atom. The Kier molecular flexibility index (Phi) is 13.1. The zero-order chi connectivity index (χ0) is 22.5. The largest absolute Gasteiger partial charge is 0.386 e. The number of unbranched alkanes of at least 4 members (excludes halogenated alkanes) is 9. The van der Waals surface area contributed by atoms with Gasteiger partial charge < -0.3 is 14.9 Å². The number of hydrogen-bond donors (Lipinski definition) is 3. The van der Waals surface area contributed by atoms with E-state index in [-0.39, 0.29) is 18.4 Å². The summed E-state index contributed by atoms with van der Waals surface area (Å²) in [7, 11) is -2.21. The van der Waals surface area contributed by atoms with Gasteiger partial charge in [0.15, 0.2) is 0 Å². The molecule has 7 nitrogen and oxygen atoms in total. The Morgan fingerprint density at radius 3 is 2.00 bits per heavy atom. The second-order valence-corrected chi connectivity index (χ2v) is 10.9. The summed E-state index contributed by atoms with van der Waals surface area (Å²) in [5, 5.41) is 13.0. The van der Waals surface area contributed by atoms with Gasteiger partial charge in [0.1, 0.15) is 18.4 Å². The second-order valence-electron chi connectivity index (χ2n) is 9.40. The lowest BCUT2D eigenvalue weighted by atomic mass is 9.94. The molecule has 1 unspecified atom stereocenters. The molecule has 1 rings (SSSR count). The number of hydrogen-bond acceptors (Lipinski definition) is 4. The maximum atomic E-state index is 12.4. The molecular formula is C22H45N2O5S+. The van der Waals surface area contributed by atoms with E-state index in [0.29, 0.717) is 4.48 Å². The highest BCUT2D eigenvalue weighted by Crippen LogP contribution is 2.23. The highest BCUT2D eigenvalue weighted by Gasteiger charge is 2.35. The van der Waals surface area contributed by atoms with E-state index in [0.717, 1.165) is 38.9 Å². The molecule has 0 radical (unpaired) electrons. The van der Waals surface area contributed by atoms with Crippen LogP contribution in [0.1, 0.15) is 84.0 Å². The molecule has 1 aliphatic heterocycles. The predicted octanol–water partition coefficient (Wildman–Crippen LogP) is 3.13. The zero-order valence-electron chi connectivity index (χ0n) is 19.2. The molecule has 0 aromatic carbocycles. The highest BCUT2D eigenvalue weighted by molar-refractivity contribution is 7.85. The van der Waals surface area contributed by atoms with Crippen LogP contribution in [0.25, 0.3) is 0 Å². The van der Waals surface area contributed by atoms with E-state index in [1.54, 1.807) is 0 Å². The van der Waals surface area contributed by atoms with Crippen molar-refractivity contribution in [1.82, 2.24) is 5.32 Å². The van der Waals surface area contributed by atoms with E-state index in [1.807, 2.05) is 7.05 Å². The number of aliphatic hydroxyl groups excluding tert-OH is 1. The van der Waals surface area contributed by atoms with Crippen LogP contribution >= 0.6 is 0 Å². The van der Waals surface area contributed by atoms with E-state index in [2.05, 4.69) is 12.2 Å². The van der Waals surface area contributed by atoms with Gasteiger partial charge in [-0.2, -0.15) is 8.42 Å². The molecule has 1 heterocycles. The standard InChI is InChI=1S/C22H44N2O5S/c1-3-4-5-6-7-8-9-10-11-12-15-23-22(26)20-13-16-24(2,17-14-20)18-21(25)19-30(27,28)29/h20-21,25H,3-19H2,1-2H3,(H-,23,26,27,28,29)/p+1. The maximum absolute atomic E-state index is 12.4. The number of piperidine rings is 1. The molecule has 8 heteroatoms. The monoisotopic (exact) mass is 449 g/mol. The van der Waals surface area contributed by atoms with Crippen molar-refractivity contribution in [2.45, 2.75) is 90.1 Å². The van der Waals surface area contributed by atoms with Crippen molar-refractivity contribution in [3.63, 3.8) is 0 Å². The average Bonchev–Trinajstić information content (AvgIpc) is 2.64. The average molecular weight is 450 g/mol. The van der Waals surface area contributed by atoms with Crippen LogP contribution in [0.3, 0.4) is 0 Å². The third-order valence-electron chi connectivity index (χ3n) is 6.29. The SMILES string of the molecule is CCCCCCCCCCCCNC(=O)C1CC[N+](C)(CC(O)CS(=O)(=O)O)CC1. The molecule has 0 bridgehead atoms. The molecule has 0 aromatic heterocycles. The van der Waals surface area contributed by atoms with E-state index < -0.39 is 22.0 Å². The fourth-order valence-electron chi connectivity index (χ4n) is 4.41. The number of nitrogens with one attached hydrogen (secondary N) is 1. The van der Waals surface area contributed by atoms with Crippen LogP contribution in [0.5, 0.6) is 0 Å². The topological polar surface area (TPSA) is 104 Å². The van der Waals surface area contributed by atoms with Gasteiger partial charge in [0.05, 0.1) is 20.1 Å². The minimum Gasteiger partial charge on any atom is -0.386 e. The number of quaternary nitrogens is 1. The summed E-state index contributed by atoms with van der Waals surface area (Å²) < 4.78 is 31.2. The third-order valence-corrected chi connectivity index (χ3v) is 7.10. The van der Waals surface area contributed by atoms with Crippen molar-refractivity contribution in [1.29, 1.82) is 0 Å². The molecule has 0 aliphatic carbocycles. The first-order valence-electron chi connectivity index (χ1n) is 11.9. The van der Waals surface area contributed by atoms with Gasteiger partial charge >= 0.3 is 0 Å². The summed E-state index contributed by atoms with van der Waals surface area (Å²) in [5.74, 6) is -0.516. The molecule has 1 saturated heterocycles. The van der Waals surface area contributed by atoms with Crippen LogP contribution in [-0.4, -0.2) is 73.6 Å². The minimum atomic E-state index is -4.17. The van der Waals surface area contributed by atoms with Crippen LogP contribution in [0, 0.1) is 5.92 Å². The maximum Gasteiger partial charge on any atom is 0.267 e. The first-order chi connectivity index (χ1) is 14.2. The Balaban J connectivity index is 2.09. The van der Waals surface area contributed by atoms with Gasteiger partial charge in [0, 0.05) is 25.3 Å². The predicted molar refractivity (Wildman–Crippen MR) is 121 cm³/mol. The first kappa shape index (κ1) is 27.3. The lowest BCUT2D eigenvalue weighted by molar-refractivity contribution is -0.917. The molecule has 0 aromatic rings. The summed E-state index contributed by atoms with van der Waals surface area (Å²) >= 11 is 0. The van der Waals surface area contributed by atoms with Crippen molar-refractivity contribution in [2.75, 3.05) is 39.0 Å².